The first kappa shape index (κ1) is 20.2. The molecular formula is C23H20N2O6. The number of hydrogen-bond acceptors (Lipinski definition) is 7. The van der Waals surface area contributed by atoms with E-state index in [0.29, 0.717) is 17.1 Å². The Morgan fingerprint density at radius 3 is 2.65 bits per heavy atom. The van der Waals surface area contributed by atoms with E-state index in [4.69, 9.17) is 13.9 Å². The van der Waals surface area contributed by atoms with Gasteiger partial charge in [0.1, 0.15) is 0 Å². The number of ether oxygens (including phenoxy) is 2. The Morgan fingerprint density at radius 1 is 1.16 bits per heavy atom. The number of carbonyl (C=O) groups excluding carboxylic acids is 2. The second kappa shape index (κ2) is 8.35. The van der Waals surface area contributed by atoms with Gasteiger partial charge in [0.05, 0.1) is 32.1 Å². The number of pyridine rings is 1. The van der Waals surface area contributed by atoms with Crippen molar-refractivity contribution in [1.29, 1.82) is 0 Å². The SMILES string of the molecule is COc1cccc(C2C(C(=O)c3ccco3)=C(O)C(=O)N2Cc2cccnc2)c1OC. The Labute approximate surface area is 178 Å². The maximum Gasteiger partial charge on any atom is 0.290 e. The molecule has 4 rings (SSSR count). The number of aliphatic hydroxyl groups is 1. The fourth-order valence-corrected chi connectivity index (χ4v) is 3.73. The fraction of sp³-hybridized carbons (Fsp3) is 0.174. The number of benzene rings is 1. The second-order valence-electron chi connectivity index (χ2n) is 6.85. The molecule has 1 aliphatic heterocycles. The van der Waals surface area contributed by atoms with Gasteiger partial charge >= 0.3 is 0 Å². The van der Waals surface area contributed by atoms with Gasteiger partial charge in [0.2, 0.25) is 5.78 Å². The zero-order valence-electron chi connectivity index (χ0n) is 16.9. The number of carbonyl (C=O) groups is 2. The van der Waals surface area contributed by atoms with Gasteiger partial charge in [-0.25, -0.2) is 0 Å². The quantitative estimate of drug-likeness (QED) is 0.584. The van der Waals surface area contributed by atoms with Gasteiger partial charge in [-0.05, 0) is 29.8 Å². The maximum atomic E-state index is 13.2. The summed E-state index contributed by atoms with van der Waals surface area (Å²) in [6.45, 7) is 0.122. The summed E-state index contributed by atoms with van der Waals surface area (Å²) in [6.07, 6.45) is 4.60. The minimum absolute atomic E-state index is 0.0180. The van der Waals surface area contributed by atoms with E-state index in [2.05, 4.69) is 4.98 Å². The first-order chi connectivity index (χ1) is 15.1. The van der Waals surface area contributed by atoms with Gasteiger partial charge in [-0.3, -0.25) is 14.6 Å². The number of furan rings is 1. The summed E-state index contributed by atoms with van der Waals surface area (Å²) in [6, 6.07) is 10.9. The highest BCUT2D eigenvalue weighted by Crippen LogP contribution is 2.45. The average Bonchev–Trinajstić information content (AvgIpc) is 3.42. The lowest BCUT2D eigenvalue weighted by Gasteiger charge is -2.28. The molecule has 158 valence electrons. The number of aliphatic hydroxyl groups excluding tert-OH is 1. The molecule has 8 heteroatoms. The molecule has 0 saturated heterocycles. The van der Waals surface area contributed by atoms with E-state index in [1.54, 1.807) is 42.7 Å². The Bertz CT molecular complexity index is 1140. The first-order valence-corrected chi connectivity index (χ1v) is 9.49. The number of methoxy groups -OCH3 is 2. The van der Waals surface area contributed by atoms with E-state index in [1.807, 2.05) is 6.07 Å². The van der Waals surface area contributed by atoms with Gasteiger partial charge in [-0.2, -0.15) is 0 Å². The number of Topliss-reactive ketones (excluding diaryl/α,β-unsaturated/α-hetero) is 1. The van der Waals surface area contributed by atoms with Crippen LogP contribution in [0.15, 0.2) is 76.9 Å². The molecule has 3 aromatic rings. The molecule has 0 bridgehead atoms. The zero-order valence-corrected chi connectivity index (χ0v) is 16.9. The monoisotopic (exact) mass is 420 g/mol. The van der Waals surface area contributed by atoms with E-state index < -0.39 is 23.5 Å². The molecule has 1 unspecified atom stereocenters. The van der Waals surface area contributed by atoms with Crippen LogP contribution in [0.4, 0.5) is 0 Å². The summed E-state index contributed by atoms with van der Waals surface area (Å²) in [4.78, 5) is 31.8. The number of aromatic nitrogens is 1. The molecule has 1 aliphatic rings. The number of para-hydroxylation sites is 1. The summed E-state index contributed by atoms with van der Waals surface area (Å²) in [5.74, 6) is -1.07. The molecule has 0 fully saturated rings. The maximum absolute atomic E-state index is 13.2. The van der Waals surface area contributed by atoms with Gasteiger partial charge in [0, 0.05) is 24.5 Å². The van der Waals surface area contributed by atoms with Gasteiger partial charge in [0.15, 0.2) is 23.0 Å². The molecule has 0 spiro atoms. The Hall–Kier alpha value is -4.07. The highest BCUT2D eigenvalue weighted by atomic mass is 16.5. The third kappa shape index (κ3) is 3.52. The smallest absolute Gasteiger partial charge is 0.290 e. The van der Waals surface area contributed by atoms with Crippen molar-refractivity contribution < 1.29 is 28.6 Å². The second-order valence-corrected chi connectivity index (χ2v) is 6.85. The van der Waals surface area contributed by atoms with Gasteiger partial charge in [0.25, 0.3) is 5.91 Å². The number of hydrogen-bond donors (Lipinski definition) is 1. The zero-order chi connectivity index (χ0) is 22.0. The predicted octanol–water partition coefficient (Wildman–Crippen LogP) is 3.47. The standard InChI is InChI=1S/C23H20N2O6/c1-29-17-8-3-7-15(22(17)30-2)19-18(20(26)16-9-5-11-31-16)21(27)23(28)25(19)13-14-6-4-10-24-12-14/h3-12,19,27H,13H2,1-2H3. The lowest BCUT2D eigenvalue weighted by Crippen LogP contribution is -2.31. The van der Waals surface area contributed by atoms with Gasteiger partial charge in [-0.15, -0.1) is 0 Å². The average molecular weight is 420 g/mol. The summed E-state index contributed by atoms with van der Waals surface area (Å²) < 4.78 is 16.2. The Balaban J connectivity index is 1.88. The van der Waals surface area contributed by atoms with Crippen LogP contribution in [0.5, 0.6) is 11.5 Å². The van der Waals surface area contributed by atoms with Crippen LogP contribution in [-0.2, 0) is 11.3 Å². The number of nitrogens with zero attached hydrogens (tertiary/aromatic N) is 2. The van der Waals surface area contributed by atoms with Crippen molar-refractivity contribution in [2.24, 2.45) is 0 Å². The first-order valence-electron chi connectivity index (χ1n) is 9.49. The third-order valence-corrected chi connectivity index (χ3v) is 5.10. The molecule has 1 N–H and O–H groups in total. The summed E-state index contributed by atoms with van der Waals surface area (Å²) in [5.41, 5.74) is 1.15. The molecule has 31 heavy (non-hydrogen) atoms. The van der Waals surface area contributed by atoms with Crippen molar-refractivity contribution in [2.75, 3.05) is 14.2 Å². The molecule has 0 aliphatic carbocycles. The van der Waals surface area contributed by atoms with E-state index >= 15 is 0 Å². The summed E-state index contributed by atoms with van der Waals surface area (Å²) >= 11 is 0. The van der Waals surface area contributed by atoms with Crippen molar-refractivity contribution in [2.45, 2.75) is 12.6 Å². The van der Waals surface area contributed by atoms with Crippen LogP contribution in [0.2, 0.25) is 0 Å². The van der Waals surface area contributed by atoms with E-state index in [-0.39, 0.29) is 17.9 Å². The van der Waals surface area contributed by atoms with E-state index in [1.165, 1.54) is 31.4 Å². The lowest BCUT2D eigenvalue weighted by atomic mass is 9.94. The number of rotatable bonds is 7. The van der Waals surface area contributed by atoms with Crippen LogP contribution in [0.25, 0.3) is 0 Å². The minimum Gasteiger partial charge on any atom is -0.503 e. The van der Waals surface area contributed by atoms with Crippen molar-refractivity contribution in [1.82, 2.24) is 9.88 Å². The third-order valence-electron chi connectivity index (χ3n) is 5.10. The van der Waals surface area contributed by atoms with Crippen molar-refractivity contribution >= 4 is 11.7 Å². The molecule has 3 heterocycles. The lowest BCUT2D eigenvalue weighted by molar-refractivity contribution is -0.130. The predicted molar refractivity (Wildman–Crippen MR) is 110 cm³/mol. The van der Waals surface area contributed by atoms with Crippen LogP contribution in [-0.4, -0.2) is 40.9 Å². The fourth-order valence-electron chi connectivity index (χ4n) is 3.73. The van der Waals surface area contributed by atoms with Crippen LogP contribution >= 0.6 is 0 Å². The topological polar surface area (TPSA) is 102 Å². The number of amides is 1. The van der Waals surface area contributed by atoms with Gasteiger partial charge in [-0.1, -0.05) is 18.2 Å². The molecule has 0 radical (unpaired) electrons. The largest absolute Gasteiger partial charge is 0.503 e. The number of ketones is 1. The highest BCUT2D eigenvalue weighted by molar-refractivity contribution is 6.15. The molecular weight excluding hydrogens is 400 g/mol. The van der Waals surface area contributed by atoms with Crippen LogP contribution < -0.4 is 9.47 Å². The van der Waals surface area contributed by atoms with E-state index in [9.17, 15) is 14.7 Å². The van der Waals surface area contributed by atoms with Crippen LogP contribution in [0, 0.1) is 0 Å². The van der Waals surface area contributed by atoms with Crippen molar-refractivity contribution in [3.05, 3.63) is 89.3 Å². The van der Waals surface area contributed by atoms with Crippen molar-refractivity contribution in [3.8, 4) is 11.5 Å². The highest BCUT2D eigenvalue weighted by Gasteiger charge is 2.45. The molecule has 1 aromatic carbocycles. The van der Waals surface area contributed by atoms with Crippen LogP contribution in [0.3, 0.4) is 0 Å². The molecule has 1 amide bonds. The molecule has 0 saturated carbocycles. The molecule has 8 nitrogen and oxygen atoms in total. The minimum atomic E-state index is -0.921. The van der Waals surface area contributed by atoms with E-state index in [0.717, 1.165) is 5.56 Å². The summed E-state index contributed by atoms with van der Waals surface area (Å²) in [7, 11) is 2.97. The Morgan fingerprint density at radius 2 is 2.00 bits per heavy atom. The van der Waals surface area contributed by atoms with Gasteiger partial charge < -0.3 is 23.9 Å². The van der Waals surface area contributed by atoms with Crippen molar-refractivity contribution in [3.63, 3.8) is 0 Å². The molecule has 1 atom stereocenters. The molecule has 2 aromatic heterocycles. The Kier molecular flexibility index (Phi) is 5.44. The summed E-state index contributed by atoms with van der Waals surface area (Å²) in [5, 5.41) is 10.7. The van der Waals surface area contributed by atoms with Crippen LogP contribution in [0.1, 0.15) is 27.7 Å². The normalized spacial score (nSPS) is 16.0.